The van der Waals surface area contributed by atoms with Crippen LogP contribution in [0.1, 0.15) is 49.1 Å². The van der Waals surface area contributed by atoms with Gasteiger partial charge in [0.05, 0.1) is 22.0 Å². The van der Waals surface area contributed by atoms with Crippen molar-refractivity contribution in [3.05, 3.63) is 89.1 Å². The molecule has 2 aromatic carbocycles. The van der Waals surface area contributed by atoms with Gasteiger partial charge in [-0.25, -0.2) is 14.8 Å². The maximum Gasteiger partial charge on any atom is 0.416 e. The summed E-state index contributed by atoms with van der Waals surface area (Å²) in [6, 6.07) is 13.1. The van der Waals surface area contributed by atoms with Crippen molar-refractivity contribution < 1.29 is 40.7 Å². The SMILES string of the molecule is CCN1CCC(CNc2cc(C)cc(NC(=S)Nc3ccc(C(F)(F)F)cc3)n2)(C(=O)NCCN(C)CCc2cc(NCC3(C(=O)NCCN(C)C)CCN(CC)C3)nc(NC(=O)Nc3ccc(C(F)(F)F)cc3)n2)C1. The van der Waals surface area contributed by atoms with Crippen LogP contribution < -0.4 is 42.5 Å². The van der Waals surface area contributed by atoms with Crippen LogP contribution in [0.4, 0.5) is 65.9 Å². The van der Waals surface area contributed by atoms with Crippen LogP contribution in [0.3, 0.4) is 0 Å². The first-order valence-electron chi connectivity index (χ1n) is 25.2. The molecule has 2 aromatic heterocycles. The van der Waals surface area contributed by atoms with E-state index < -0.39 is 40.3 Å². The van der Waals surface area contributed by atoms with Crippen LogP contribution in [-0.2, 0) is 28.4 Å². The summed E-state index contributed by atoms with van der Waals surface area (Å²) >= 11 is 5.43. The number of rotatable bonds is 23. The average molecular weight is 1090 g/mol. The third kappa shape index (κ3) is 17.0. The van der Waals surface area contributed by atoms with Gasteiger partial charge in [0.25, 0.3) is 0 Å². The van der Waals surface area contributed by atoms with Crippen LogP contribution >= 0.6 is 12.2 Å². The Morgan fingerprint density at radius 1 is 0.645 bits per heavy atom. The summed E-state index contributed by atoms with van der Waals surface area (Å²) in [5.41, 5.74) is -1.27. The first kappa shape index (κ1) is 58.8. The first-order chi connectivity index (χ1) is 36.0. The van der Waals surface area contributed by atoms with E-state index in [0.29, 0.717) is 93.9 Å². The molecular formula is C51H69F6N15O3S. The fourth-order valence-corrected chi connectivity index (χ4v) is 9.19. The number of carbonyl (C=O) groups excluding carboxylic acids is 3. The molecule has 25 heteroatoms. The number of likely N-dealkylation sites (N-methyl/N-ethyl adjacent to an activating group) is 2. The van der Waals surface area contributed by atoms with Gasteiger partial charge in [-0.05, 0) is 146 Å². The van der Waals surface area contributed by atoms with Crippen LogP contribution in [0.15, 0.2) is 66.7 Å². The molecule has 4 amide bonds. The highest BCUT2D eigenvalue weighted by atomic mass is 32.1. The molecule has 2 fully saturated rings. The minimum absolute atomic E-state index is 0.0625. The fraction of sp³-hybridized carbons (Fsp3) is 0.510. The van der Waals surface area contributed by atoms with E-state index in [-0.39, 0.29) is 41.7 Å². The number of likely N-dealkylation sites (tertiary alicyclic amines) is 2. The second-order valence-electron chi connectivity index (χ2n) is 19.7. The normalized spacial score (nSPS) is 18.1. The average Bonchev–Trinajstić information content (AvgIpc) is 4.00. The number of halogens is 6. The monoisotopic (exact) mass is 1090 g/mol. The number of benzene rings is 2. The van der Waals surface area contributed by atoms with Crippen molar-refractivity contribution >= 4 is 70.0 Å². The second-order valence-corrected chi connectivity index (χ2v) is 20.1. The molecule has 2 aliphatic heterocycles. The van der Waals surface area contributed by atoms with Gasteiger partial charge >= 0.3 is 18.4 Å². The Morgan fingerprint density at radius 2 is 1.14 bits per heavy atom. The predicted octanol–water partition coefficient (Wildman–Crippen LogP) is 6.89. The number of nitrogens with zero attached hydrogens (tertiary/aromatic N) is 7. The van der Waals surface area contributed by atoms with Gasteiger partial charge in [0.1, 0.15) is 17.5 Å². The summed E-state index contributed by atoms with van der Waals surface area (Å²) in [7, 11) is 5.78. The molecule has 8 N–H and O–H groups in total. The highest BCUT2D eigenvalue weighted by Crippen LogP contribution is 2.34. The van der Waals surface area contributed by atoms with Crippen LogP contribution in [-0.4, -0.2) is 164 Å². The van der Waals surface area contributed by atoms with Crippen molar-refractivity contribution in [2.45, 2.75) is 52.4 Å². The quantitative estimate of drug-likeness (QED) is 0.0282. The second kappa shape index (κ2) is 26.1. The van der Waals surface area contributed by atoms with E-state index in [0.717, 1.165) is 68.1 Å². The van der Waals surface area contributed by atoms with Gasteiger partial charge in [-0.1, -0.05) is 13.8 Å². The molecule has 0 spiro atoms. The lowest BCUT2D eigenvalue weighted by Crippen LogP contribution is -2.48. The van der Waals surface area contributed by atoms with Crippen molar-refractivity contribution in [2.75, 3.05) is 138 Å². The van der Waals surface area contributed by atoms with Crippen LogP contribution in [0, 0.1) is 17.8 Å². The zero-order valence-electron chi connectivity index (χ0n) is 43.7. The number of anilines is 6. The molecule has 0 saturated carbocycles. The van der Waals surface area contributed by atoms with Crippen molar-refractivity contribution in [3.63, 3.8) is 0 Å². The molecule has 6 rings (SSSR count). The Morgan fingerprint density at radius 3 is 1.64 bits per heavy atom. The topological polar surface area (TPSA) is 199 Å². The summed E-state index contributed by atoms with van der Waals surface area (Å²) < 4.78 is 78.7. The highest BCUT2D eigenvalue weighted by Gasteiger charge is 2.45. The third-order valence-electron chi connectivity index (χ3n) is 13.5. The lowest BCUT2D eigenvalue weighted by molar-refractivity contribution is -0.138. The largest absolute Gasteiger partial charge is 0.416 e. The van der Waals surface area contributed by atoms with E-state index in [2.05, 4.69) is 67.3 Å². The van der Waals surface area contributed by atoms with Gasteiger partial charge in [-0.15, -0.1) is 0 Å². The van der Waals surface area contributed by atoms with E-state index in [1.54, 1.807) is 12.1 Å². The van der Waals surface area contributed by atoms with Crippen molar-refractivity contribution in [2.24, 2.45) is 10.8 Å². The number of carbonyl (C=O) groups is 3. The van der Waals surface area contributed by atoms with Gasteiger partial charge < -0.3 is 56.8 Å². The van der Waals surface area contributed by atoms with E-state index in [1.165, 1.54) is 12.1 Å². The van der Waals surface area contributed by atoms with E-state index in [1.807, 2.05) is 57.8 Å². The molecule has 414 valence electrons. The minimum atomic E-state index is -4.54. The highest BCUT2D eigenvalue weighted by molar-refractivity contribution is 7.80. The Kier molecular flexibility index (Phi) is 20.2. The molecule has 2 atom stereocenters. The number of alkyl halides is 6. The minimum Gasteiger partial charge on any atom is -0.369 e. The zero-order valence-corrected chi connectivity index (χ0v) is 44.5. The number of nitrogens with one attached hydrogen (secondary N) is 8. The molecule has 2 unspecified atom stereocenters. The number of thiocarbonyl (C=S) groups is 1. The number of amides is 4. The molecular weight excluding hydrogens is 1020 g/mol. The van der Waals surface area contributed by atoms with Crippen LogP contribution in [0.5, 0.6) is 0 Å². The van der Waals surface area contributed by atoms with Gasteiger partial charge in [0, 0.05) is 88.5 Å². The Hall–Kier alpha value is -6.41. The van der Waals surface area contributed by atoms with E-state index in [4.69, 9.17) is 12.2 Å². The molecule has 4 aromatic rings. The molecule has 0 bridgehead atoms. The molecule has 76 heavy (non-hydrogen) atoms. The summed E-state index contributed by atoms with van der Waals surface area (Å²) in [6.07, 6.45) is -7.38. The van der Waals surface area contributed by atoms with Crippen molar-refractivity contribution in [1.82, 2.24) is 45.2 Å². The molecule has 18 nitrogen and oxygen atoms in total. The number of hydrogen-bond donors (Lipinski definition) is 8. The first-order valence-corrected chi connectivity index (χ1v) is 25.6. The Bertz CT molecular complexity index is 2610. The maximum absolute atomic E-state index is 14.2. The van der Waals surface area contributed by atoms with Crippen LogP contribution in [0.25, 0.3) is 0 Å². The fourth-order valence-electron chi connectivity index (χ4n) is 8.96. The zero-order chi connectivity index (χ0) is 55.3. The van der Waals surface area contributed by atoms with Gasteiger partial charge in [-0.3, -0.25) is 14.9 Å². The molecule has 0 radical (unpaired) electrons. The standard InChI is InChI=1S/C51H69F6N15O3S/c1-7-71-23-18-48(32-71,30-60-40-27-34(3)28-42(65-40)67-47(76)64-38-15-11-36(12-16-38)51(55,56)57)44(74)59-21-26-70(6)22-17-39-29-41(61-31-49(19-24-72(8-2)33-49)43(73)58-20-25-69(4)5)66-45(62-39)68-46(75)63-37-13-9-35(10-14-37)50(52,53)54/h9-16,27-29H,7-8,17-26,30-33H2,1-6H3,(H,58,73)(H,59,74)(H3,60,64,65,67,76)(H3,61,62,63,66,68,75). The lowest BCUT2D eigenvalue weighted by atomic mass is 9.85. The Labute approximate surface area is 444 Å². The van der Waals surface area contributed by atoms with Crippen molar-refractivity contribution in [1.29, 1.82) is 0 Å². The maximum atomic E-state index is 14.2. The van der Waals surface area contributed by atoms with E-state index >= 15 is 0 Å². The summed E-state index contributed by atoms with van der Waals surface area (Å²) in [6.45, 7) is 13.1. The molecule has 2 aliphatic rings. The third-order valence-corrected chi connectivity index (χ3v) is 13.7. The van der Waals surface area contributed by atoms with Crippen molar-refractivity contribution in [3.8, 4) is 0 Å². The number of aromatic nitrogens is 3. The molecule has 4 heterocycles. The van der Waals surface area contributed by atoms with Gasteiger partial charge in [-0.2, -0.15) is 31.3 Å². The number of pyridine rings is 1. The Balaban J connectivity index is 1.08. The number of hydrogen-bond acceptors (Lipinski definition) is 13. The van der Waals surface area contributed by atoms with Crippen LogP contribution in [0.2, 0.25) is 0 Å². The summed E-state index contributed by atoms with van der Waals surface area (Å²) in [5, 5.41) is 24.1. The smallest absolute Gasteiger partial charge is 0.369 e. The summed E-state index contributed by atoms with van der Waals surface area (Å²) in [5.74, 6) is 1.02. The molecule has 0 aliphatic carbocycles. The predicted molar refractivity (Wildman–Crippen MR) is 287 cm³/mol. The van der Waals surface area contributed by atoms with Gasteiger partial charge in [0.15, 0.2) is 5.11 Å². The number of aryl methyl sites for hydroxylation is 1. The van der Waals surface area contributed by atoms with Gasteiger partial charge in [0.2, 0.25) is 17.8 Å². The molecule has 2 saturated heterocycles. The number of urea groups is 1. The lowest BCUT2D eigenvalue weighted by Gasteiger charge is -2.29. The summed E-state index contributed by atoms with van der Waals surface area (Å²) in [4.78, 5) is 63.4. The van der Waals surface area contributed by atoms with E-state index in [9.17, 15) is 40.7 Å².